The lowest BCUT2D eigenvalue weighted by Gasteiger charge is -2.48. The largest absolute Gasteiger partial charge is 0.378 e. The molecule has 0 saturated carbocycles. The fourth-order valence-electron chi connectivity index (χ4n) is 2.99. The first-order valence-corrected chi connectivity index (χ1v) is 7.29. The van der Waals surface area contributed by atoms with Crippen LogP contribution in [0.25, 0.3) is 0 Å². The second kappa shape index (κ2) is 7.34. The van der Waals surface area contributed by atoms with Crippen molar-refractivity contribution in [3.63, 3.8) is 0 Å². The summed E-state index contributed by atoms with van der Waals surface area (Å²) in [7, 11) is 0. The van der Waals surface area contributed by atoms with Crippen molar-refractivity contribution in [2.45, 2.75) is 64.5 Å². The van der Waals surface area contributed by atoms with Crippen molar-refractivity contribution in [3.05, 3.63) is 0 Å². The van der Waals surface area contributed by atoms with Crippen LogP contribution >= 0.6 is 0 Å². The Bertz CT molecular complexity index is 204. The fourth-order valence-corrected chi connectivity index (χ4v) is 2.99. The van der Waals surface area contributed by atoms with Crippen LogP contribution in [0.5, 0.6) is 0 Å². The monoisotopic (exact) mass is 242 g/mol. The maximum atomic E-state index is 6.12. The molecular weight excluding hydrogens is 212 g/mol. The highest BCUT2D eigenvalue weighted by Crippen LogP contribution is 2.31. The summed E-state index contributed by atoms with van der Waals surface area (Å²) in [6, 6.07) is 0. The van der Waals surface area contributed by atoms with Gasteiger partial charge in [-0.3, -0.25) is 4.90 Å². The Morgan fingerprint density at radius 1 is 1.24 bits per heavy atom. The summed E-state index contributed by atoms with van der Waals surface area (Å²) in [4.78, 5) is 2.62. The molecule has 0 radical (unpaired) electrons. The van der Waals surface area contributed by atoms with Gasteiger partial charge in [-0.1, -0.05) is 20.8 Å². The van der Waals surface area contributed by atoms with Gasteiger partial charge in [-0.25, -0.2) is 0 Å². The predicted octanol–water partition coefficient (Wildman–Crippen LogP) is 2.39. The van der Waals surface area contributed by atoms with E-state index < -0.39 is 0 Å². The Hall–Kier alpha value is -0.120. The lowest BCUT2D eigenvalue weighted by atomic mass is 9.83. The van der Waals surface area contributed by atoms with Crippen molar-refractivity contribution in [2.24, 2.45) is 5.73 Å². The van der Waals surface area contributed by atoms with E-state index >= 15 is 0 Å². The van der Waals surface area contributed by atoms with E-state index in [0.717, 1.165) is 32.4 Å². The van der Waals surface area contributed by atoms with Crippen molar-refractivity contribution in [3.8, 4) is 0 Å². The average Bonchev–Trinajstić information content (AvgIpc) is 2.38. The van der Waals surface area contributed by atoms with Gasteiger partial charge in [0.2, 0.25) is 0 Å². The van der Waals surface area contributed by atoms with E-state index in [-0.39, 0.29) is 5.54 Å². The molecule has 0 aliphatic carbocycles. The van der Waals surface area contributed by atoms with E-state index in [4.69, 9.17) is 10.5 Å². The molecule has 3 heteroatoms. The number of nitrogens with zero attached hydrogens (tertiary/aromatic N) is 1. The van der Waals surface area contributed by atoms with Crippen molar-refractivity contribution >= 4 is 0 Å². The maximum Gasteiger partial charge on any atom is 0.0590 e. The Kier molecular flexibility index (Phi) is 6.45. The van der Waals surface area contributed by atoms with Crippen LogP contribution in [-0.2, 0) is 4.74 Å². The molecular formula is C14H30N2O. The highest BCUT2D eigenvalue weighted by atomic mass is 16.5. The van der Waals surface area contributed by atoms with Gasteiger partial charge in [-0.15, -0.1) is 0 Å². The molecule has 0 aromatic rings. The zero-order chi connectivity index (χ0) is 12.7. The molecule has 0 amide bonds. The van der Waals surface area contributed by atoms with E-state index in [1.165, 1.54) is 25.9 Å². The minimum atomic E-state index is 0.199. The van der Waals surface area contributed by atoms with Gasteiger partial charge in [0.25, 0.3) is 0 Å². The number of nitrogens with two attached hydrogens (primary N) is 1. The Labute approximate surface area is 107 Å². The quantitative estimate of drug-likeness (QED) is 0.745. The first-order chi connectivity index (χ1) is 8.22. The van der Waals surface area contributed by atoms with Gasteiger partial charge in [0.15, 0.2) is 0 Å². The normalized spacial score (nSPS) is 29.8. The van der Waals surface area contributed by atoms with Crippen LogP contribution in [0.1, 0.15) is 52.9 Å². The molecule has 1 rings (SSSR count). The molecule has 102 valence electrons. The molecule has 0 aromatic heterocycles. The predicted molar refractivity (Wildman–Crippen MR) is 73.2 cm³/mol. The zero-order valence-corrected chi connectivity index (χ0v) is 11.9. The third-order valence-electron chi connectivity index (χ3n) is 4.02. The number of rotatable bonds is 7. The lowest BCUT2D eigenvalue weighted by molar-refractivity contribution is -0.0721. The SMILES string of the molecule is CCCN(CCC)C1(CN)CCOC(CC)C1. The third-order valence-corrected chi connectivity index (χ3v) is 4.02. The second-order valence-corrected chi connectivity index (χ2v) is 5.27. The molecule has 0 spiro atoms. The summed E-state index contributed by atoms with van der Waals surface area (Å²) >= 11 is 0. The summed E-state index contributed by atoms with van der Waals surface area (Å²) in [5.41, 5.74) is 6.32. The van der Waals surface area contributed by atoms with Gasteiger partial charge in [0.1, 0.15) is 0 Å². The van der Waals surface area contributed by atoms with Crippen LogP contribution in [0.2, 0.25) is 0 Å². The Morgan fingerprint density at radius 3 is 2.35 bits per heavy atom. The van der Waals surface area contributed by atoms with Gasteiger partial charge in [-0.2, -0.15) is 0 Å². The summed E-state index contributed by atoms with van der Waals surface area (Å²) in [6.07, 6.45) is 6.13. The first kappa shape index (κ1) is 14.9. The molecule has 1 aliphatic rings. The van der Waals surface area contributed by atoms with E-state index in [2.05, 4.69) is 25.7 Å². The summed E-state index contributed by atoms with van der Waals surface area (Å²) in [6.45, 7) is 10.7. The zero-order valence-electron chi connectivity index (χ0n) is 11.9. The highest BCUT2D eigenvalue weighted by Gasteiger charge is 2.39. The van der Waals surface area contributed by atoms with Crippen molar-refractivity contribution in [1.82, 2.24) is 4.90 Å². The standard InChI is InChI=1S/C14H30N2O/c1-4-8-16(9-5-2)14(12-15)7-10-17-13(6-3)11-14/h13H,4-12,15H2,1-3H3. The number of hydrogen-bond acceptors (Lipinski definition) is 3. The van der Waals surface area contributed by atoms with E-state index in [1.807, 2.05) is 0 Å². The number of hydrogen-bond donors (Lipinski definition) is 1. The van der Waals surface area contributed by atoms with Crippen LogP contribution in [0, 0.1) is 0 Å². The molecule has 1 aliphatic heterocycles. The van der Waals surface area contributed by atoms with Gasteiger partial charge >= 0.3 is 0 Å². The number of ether oxygens (including phenoxy) is 1. The van der Waals surface area contributed by atoms with Crippen molar-refractivity contribution in [1.29, 1.82) is 0 Å². The van der Waals surface area contributed by atoms with Gasteiger partial charge in [0, 0.05) is 18.7 Å². The molecule has 2 unspecified atom stereocenters. The molecule has 2 atom stereocenters. The smallest absolute Gasteiger partial charge is 0.0590 e. The van der Waals surface area contributed by atoms with E-state index in [9.17, 15) is 0 Å². The molecule has 3 nitrogen and oxygen atoms in total. The molecule has 1 fully saturated rings. The summed E-state index contributed by atoms with van der Waals surface area (Å²) in [5, 5.41) is 0. The molecule has 2 N–H and O–H groups in total. The van der Waals surface area contributed by atoms with Crippen LogP contribution < -0.4 is 5.73 Å². The second-order valence-electron chi connectivity index (χ2n) is 5.27. The molecule has 1 saturated heterocycles. The van der Waals surface area contributed by atoms with Gasteiger partial charge < -0.3 is 10.5 Å². The average molecular weight is 242 g/mol. The molecule has 0 bridgehead atoms. The molecule has 17 heavy (non-hydrogen) atoms. The minimum Gasteiger partial charge on any atom is -0.378 e. The Balaban J connectivity index is 2.75. The van der Waals surface area contributed by atoms with E-state index in [1.54, 1.807) is 0 Å². The molecule has 1 heterocycles. The maximum absolute atomic E-state index is 6.12. The molecule has 0 aromatic carbocycles. The van der Waals surface area contributed by atoms with Crippen LogP contribution in [0.4, 0.5) is 0 Å². The van der Waals surface area contributed by atoms with Crippen LogP contribution in [-0.4, -0.2) is 42.8 Å². The summed E-state index contributed by atoms with van der Waals surface area (Å²) < 4.78 is 5.81. The van der Waals surface area contributed by atoms with Gasteiger partial charge in [0.05, 0.1) is 6.10 Å². The van der Waals surface area contributed by atoms with Crippen molar-refractivity contribution in [2.75, 3.05) is 26.2 Å². The van der Waals surface area contributed by atoms with Gasteiger partial charge in [-0.05, 0) is 45.2 Å². The highest BCUT2D eigenvalue weighted by molar-refractivity contribution is 4.96. The van der Waals surface area contributed by atoms with Crippen LogP contribution in [0.15, 0.2) is 0 Å². The van der Waals surface area contributed by atoms with Crippen LogP contribution in [0.3, 0.4) is 0 Å². The topological polar surface area (TPSA) is 38.5 Å². The van der Waals surface area contributed by atoms with E-state index in [0.29, 0.717) is 6.10 Å². The summed E-state index contributed by atoms with van der Waals surface area (Å²) in [5.74, 6) is 0. The Morgan fingerprint density at radius 2 is 1.88 bits per heavy atom. The minimum absolute atomic E-state index is 0.199. The first-order valence-electron chi connectivity index (χ1n) is 7.29. The lowest BCUT2D eigenvalue weighted by Crippen LogP contribution is -2.58. The fraction of sp³-hybridized carbons (Fsp3) is 1.00. The van der Waals surface area contributed by atoms with Crippen molar-refractivity contribution < 1.29 is 4.74 Å². The third kappa shape index (κ3) is 3.67.